The van der Waals surface area contributed by atoms with Gasteiger partial charge in [-0.2, -0.15) is 18.3 Å². The number of alkyl halides is 3. The van der Waals surface area contributed by atoms with Crippen LogP contribution in [0.5, 0.6) is 5.88 Å². The highest BCUT2D eigenvalue weighted by atomic mass is 19.4. The van der Waals surface area contributed by atoms with E-state index in [0.29, 0.717) is 4.68 Å². The SMILES string of the molecule is COc1ccc(-n2ncc(C(=O)NC(C)C)c2C(F)(F)F)nn1. The summed E-state index contributed by atoms with van der Waals surface area (Å²) in [5.41, 5.74) is -1.79. The zero-order chi connectivity index (χ0) is 17.2. The van der Waals surface area contributed by atoms with Crippen LogP contribution in [0.15, 0.2) is 18.3 Å². The summed E-state index contributed by atoms with van der Waals surface area (Å²) in [6.45, 7) is 3.29. The molecule has 0 atom stereocenters. The average molecular weight is 329 g/mol. The fraction of sp³-hybridized carbons (Fsp3) is 0.385. The molecule has 0 aliphatic rings. The molecule has 2 rings (SSSR count). The van der Waals surface area contributed by atoms with Gasteiger partial charge in [0.1, 0.15) is 0 Å². The van der Waals surface area contributed by atoms with E-state index in [9.17, 15) is 18.0 Å². The van der Waals surface area contributed by atoms with Crippen molar-refractivity contribution in [2.45, 2.75) is 26.1 Å². The molecule has 0 fully saturated rings. The van der Waals surface area contributed by atoms with Crippen LogP contribution < -0.4 is 10.1 Å². The molecule has 0 bridgehead atoms. The van der Waals surface area contributed by atoms with Gasteiger partial charge in [-0.05, 0) is 19.9 Å². The smallest absolute Gasteiger partial charge is 0.434 e. The summed E-state index contributed by atoms with van der Waals surface area (Å²) >= 11 is 0. The van der Waals surface area contributed by atoms with Gasteiger partial charge < -0.3 is 10.1 Å². The molecule has 1 N–H and O–H groups in total. The largest absolute Gasteiger partial charge is 0.480 e. The molecule has 0 saturated carbocycles. The number of amides is 1. The second-order valence-electron chi connectivity index (χ2n) is 4.88. The Labute approximate surface area is 129 Å². The molecule has 0 aliphatic carbocycles. The van der Waals surface area contributed by atoms with Crippen LogP contribution in [0.3, 0.4) is 0 Å². The summed E-state index contributed by atoms with van der Waals surface area (Å²) in [4.78, 5) is 11.9. The van der Waals surface area contributed by atoms with E-state index >= 15 is 0 Å². The Bertz CT molecular complexity index is 695. The van der Waals surface area contributed by atoms with E-state index in [2.05, 4.69) is 20.6 Å². The molecule has 0 unspecified atom stereocenters. The highest BCUT2D eigenvalue weighted by Crippen LogP contribution is 2.33. The lowest BCUT2D eigenvalue weighted by atomic mass is 10.2. The van der Waals surface area contributed by atoms with Crippen LogP contribution in [0.25, 0.3) is 5.82 Å². The highest BCUT2D eigenvalue weighted by Gasteiger charge is 2.41. The first-order valence-electron chi connectivity index (χ1n) is 6.58. The van der Waals surface area contributed by atoms with Crippen molar-refractivity contribution < 1.29 is 22.7 Å². The number of nitrogens with zero attached hydrogens (tertiary/aromatic N) is 4. The number of carbonyl (C=O) groups excluding carboxylic acids is 1. The molecule has 2 aromatic heterocycles. The lowest BCUT2D eigenvalue weighted by Gasteiger charge is -2.13. The lowest BCUT2D eigenvalue weighted by Crippen LogP contribution is -2.31. The standard InChI is InChI=1S/C13H14F3N5O2/c1-7(2)18-12(22)8-6-17-21(11(8)13(14,15)16)9-4-5-10(23-3)20-19-9/h4-7H,1-3H3,(H,18,22). The predicted octanol–water partition coefficient (Wildman–Crippen LogP) is 1.83. The minimum atomic E-state index is -4.79. The van der Waals surface area contributed by atoms with Gasteiger partial charge in [-0.25, -0.2) is 4.68 Å². The third kappa shape index (κ3) is 3.58. The van der Waals surface area contributed by atoms with E-state index in [1.165, 1.54) is 19.2 Å². The van der Waals surface area contributed by atoms with Crippen LogP contribution >= 0.6 is 0 Å². The van der Waals surface area contributed by atoms with E-state index < -0.39 is 23.3 Å². The fourth-order valence-electron chi connectivity index (χ4n) is 1.84. The Morgan fingerprint density at radius 2 is 2.00 bits per heavy atom. The first-order chi connectivity index (χ1) is 10.7. The summed E-state index contributed by atoms with van der Waals surface area (Å²) < 4.78 is 45.4. The summed E-state index contributed by atoms with van der Waals surface area (Å²) in [5, 5.41) is 13.3. The van der Waals surface area contributed by atoms with Crippen LogP contribution in [0.1, 0.15) is 29.9 Å². The van der Waals surface area contributed by atoms with Crippen molar-refractivity contribution in [1.82, 2.24) is 25.3 Å². The molecule has 0 radical (unpaired) electrons. The summed E-state index contributed by atoms with van der Waals surface area (Å²) in [6.07, 6.45) is -3.94. The molecule has 2 heterocycles. The summed E-state index contributed by atoms with van der Waals surface area (Å²) in [7, 11) is 1.35. The molecule has 23 heavy (non-hydrogen) atoms. The zero-order valence-electron chi connectivity index (χ0n) is 12.5. The van der Waals surface area contributed by atoms with Crippen molar-refractivity contribution in [2.24, 2.45) is 0 Å². The maximum atomic E-state index is 13.4. The number of rotatable bonds is 4. The Morgan fingerprint density at radius 1 is 1.30 bits per heavy atom. The van der Waals surface area contributed by atoms with Gasteiger partial charge in [0.15, 0.2) is 11.5 Å². The van der Waals surface area contributed by atoms with E-state index in [4.69, 9.17) is 4.74 Å². The lowest BCUT2D eigenvalue weighted by molar-refractivity contribution is -0.143. The van der Waals surface area contributed by atoms with Gasteiger partial charge in [0.25, 0.3) is 5.91 Å². The first-order valence-corrected chi connectivity index (χ1v) is 6.58. The van der Waals surface area contributed by atoms with Crippen LogP contribution in [0, 0.1) is 0 Å². The first kappa shape index (κ1) is 16.7. The van der Waals surface area contributed by atoms with Crippen LogP contribution in [0.4, 0.5) is 13.2 Å². The van der Waals surface area contributed by atoms with Gasteiger partial charge in [-0.15, -0.1) is 10.2 Å². The predicted molar refractivity (Wildman–Crippen MR) is 73.3 cm³/mol. The van der Waals surface area contributed by atoms with Crippen molar-refractivity contribution >= 4 is 5.91 Å². The van der Waals surface area contributed by atoms with E-state index in [0.717, 1.165) is 6.20 Å². The van der Waals surface area contributed by atoms with Crippen molar-refractivity contribution in [3.8, 4) is 11.7 Å². The number of halogens is 3. The number of ether oxygens (including phenoxy) is 1. The molecule has 0 aromatic carbocycles. The third-order valence-corrected chi connectivity index (χ3v) is 2.75. The molecule has 0 spiro atoms. The molecule has 10 heteroatoms. The molecule has 0 saturated heterocycles. The topological polar surface area (TPSA) is 81.9 Å². The Morgan fingerprint density at radius 3 is 2.48 bits per heavy atom. The number of hydrogen-bond donors (Lipinski definition) is 1. The molecular formula is C13H14F3N5O2. The molecule has 2 aromatic rings. The summed E-state index contributed by atoms with van der Waals surface area (Å²) in [5.74, 6) is -0.894. The molecule has 1 amide bonds. The van der Waals surface area contributed by atoms with Crippen molar-refractivity contribution in [3.05, 3.63) is 29.6 Å². The van der Waals surface area contributed by atoms with E-state index in [1.54, 1.807) is 13.8 Å². The van der Waals surface area contributed by atoms with Crippen LogP contribution in [-0.2, 0) is 6.18 Å². The zero-order valence-corrected chi connectivity index (χ0v) is 12.5. The second-order valence-corrected chi connectivity index (χ2v) is 4.88. The van der Waals surface area contributed by atoms with E-state index in [1.807, 2.05) is 0 Å². The van der Waals surface area contributed by atoms with E-state index in [-0.39, 0.29) is 17.7 Å². The molecular weight excluding hydrogens is 315 g/mol. The van der Waals surface area contributed by atoms with Gasteiger partial charge >= 0.3 is 6.18 Å². The van der Waals surface area contributed by atoms with Crippen molar-refractivity contribution in [1.29, 1.82) is 0 Å². The van der Waals surface area contributed by atoms with Gasteiger partial charge in [0.05, 0.1) is 18.9 Å². The maximum Gasteiger partial charge on any atom is 0.434 e. The minimum absolute atomic E-state index is 0.146. The Balaban J connectivity index is 2.52. The minimum Gasteiger partial charge on any atom is -0.480 e. The number of methoxy groups -OCH3 is 1. The number of carbonyl (C=O) groups is 1. The maximum absolute atomic E-state index is 13.4. The van der Waals surface area contributed by atoms with Gasteiger partial charge in [-0.3, -0.25) is 4.79 Å². The monoisotopic (exact) mass is 329 g/mol. The second kappa shape index (κ2) is 6.23. The van der Waals surface area contributed by atoms with Crippen molar-refractivity contribution in [2.75, 3.05) is 7.11 Å². The van der Waals surface area contributed by atoms with Gasteiger partial charge in [0.2, 0.25) is 5.88 Å². The van der Waals surface area contributed by atoms with Gasteiger partial charge in [-0.1, -0.05) is 0 Å². The summed E-state index contributed by atoms with van der Waals surface area (Å²) in [6, 6.07) is 2.30. The molecule has 7 nitrogen and oxygen atoms in total. The molecule has 0 aliphatic heterocycles. The van der Waals surface area contributed by atoms with Crippen LogP contribution in [-0.4, -0.2) is 39.0 Å². The number of hydrogen-bond acceptors (Lipinski definition) is 5. The normalized spacial score (nSPS) is 11.6. The molecule has 124 valence electrons. The quantitative estimate of drug-likeness (QED) is 0.925. The number of aromatic nitrogens is 4. The van der Waals surface area contributed by atoms with Crippen molar-refractivity contribution in [3.63, 3.8) is 0 Å². The average Bonchev–Trinajstić information content (AvgIpc) is 2.91. The Kier molecular flexibility index (Phi) is 4.52. The third-order valence-electron chi connectivity index (χ3n) is 2.75. The highest BCUT2D eigenvalue weighted by molar-refractivity contribution is 5.95. The fourth-order valence-corrected chi connectivity index (χ4v) is 1.84. The number of nitrogens with one attached hydrogen (secondary N) is 1. The Hall–Kier alpha value is -2.65. The van der Waals surface area contributed by atoms with Crippen LogP contribution in [0.2, 0.25) is 0 Å². The van der Waals surface area contributed by atoms with Gasteiger partial charge in [0, 0.05) is 12.1 Å².